The van der Waals surface area contributed by atoms with Crippen LogP contribution in [0.4, 0.5) is 26.3 Å². The zero-order valence-corrected chi connectivity index (χ0v) is 22.1. The summed E-state index contributed by atoms with van der Waals surface area (Å²) in [6.45, 7) is 3.79. The third-order valence-electron chi connectivity index (χ3n) is 5.59. The van der Waals surface area contributed by atoms with E-state index in [1.54, 1.807) is 0 Å². The van der Waals surface area contributed by atoms with Crippen molar-refractivity contribution in [1.29, 1.82) is 0 Å². The van der Waals surface area contributed by atoms with Crippen molar-refractivity contribution < 1.29 is 55.0 Å². The second-order valence-electron chi connectivity index (χ2n) is 9.08. The number of rotatable bonds is 11. The van der Waals surface area contributed by atoms with Crippen LogP contribution in [0.15, 0.2) is 48.5 Å². The molecule has 3 amide bonds. The molecule has 224 valence electrons. The zero-order chi connectivity index (χ0) is 31.1. The number of alkyl halides is 6. The molecule has 2 rings (SSSR count). The fourth-order valence-electron chi connectivity index (χ4n) is 3.49. The standard InChI is InChI=1S/C26H27F6N3O6/c1-13(2)19(21(36)25(27,28)29)34-24(39)20(15-8-10-17(40-4)11-9-15)35-22(37)14(3)33-23(38)16-6-5-7-18(12-16)41-26(30,31)32/h5-14,19-20H,1-4H3,(H,33,38)(H,34,39)(H,35,37). The highest BCUT2D eigenvalue weighted by molar-refractivity contribution is 5.99. The van der Waals surface area contributed by atoms with Crippen LogP contribution in [0.5, 0.6) is 11.5 Å². The van der Waals surface area contributed by atoms with E-state index in [0.29, 0.717) is 5.75 Å². The molecule has 0 radical (unpaired) electrons. The van der Waals surface area contributed by atoms with Crippen LogP contribution in [0.1, 0.15) is 42.7 Å². The Hall–Kier alpha value is -4.30. The van der Waals surface area contributed by atoms with E-state index < -0.39 is 65.8 Å². The average molecular weight is 592 g/mol. The first kappa shape index (κ1) is 32.9. The van der Waals surface area contributed by atoms with Crippen LogP contribution in [-0.2, 0) is 14.4 Å². The number of hydrogen-bond acceptors (Lipinski definition) is 6. The molecule has 0 saturated carbocycles. The predicted octanol–water partition coefficient (Wildman–Crippen LogP) is 3.84. The van der Waals surface area contributed by atoms with Gasteiger partial charge in [-0.1, -0.05) is 32.0 Å². The normalized spacial score (nSPS) is 13.9. The predicted molar refractivity (Wildman–Crippen MR) is 132 cm³/mol. The molecule has 2 aromatic carbocycles. The number of ether oxygens (including phenoxy) is 2. The highest BCUT2D eigenvalue weighted by atomic mass is 19.4. The first-order valence-electron chi connectivity index (χ1n) is 11.9. The highest BCUT2D eigenvalue weighted by Crippen LogP contribution is 2.25. The van der Waals surface area contributed by atoms with Crippen molar-refractivity contribution in [3.8, 4) is 11.5 Å². The maximum absolute atomic E-state index is 13.1. The molecule has 2 aromatic rings. The summed E-state index contributed by atoms with van der Waals surface area (Å²) in [5, 5.41) is 6.61. The minimum Gasteiger partial charge on any atom is -0.497 e. The van der Waals surface area contributed by atoms with Gasteiger partial charge in [-0.3, -0.25) is 19.2 Å². The van der Waals surface area contributed by atoms with Gasteiger partial charge in [0.25, 0.3) is 11.7 Å². The minimum atomic E-state index is -5.23. The van der Waals surface area contributed by atoms with Gasteiger partial charge in [0.15, 0.2) is 0 Å². The molecule has 3 atom stereocenters. The molecule has 0 aliphatic heterocycles. The van der Waals surface area contributed by atoms with Crippen LogP contribution in [0.2, 0.25) is 0 Å². The van der Waals surface area contributed by atoms with Crippen molar-refractivity contribution in [1.82, 2.24) is 16.0 Å². The molecule has 0 aromatic heterocycles. The minimum absolute atomic E-state index is 0.106. The molecule has 15 heteroatoms. The summed E-state index contributed by atoms with van der Waals surface area (Å²) in [7, 11) is 1.37. The van der Waals surface area contributed by atoms with Crippen molar-refractivity contribution >= 4 is 23.5 Å². The smallest absolute Gasteiger partial charge is 0.497 e. The van der Waals surface area contributed by atoms with Gasteiger partial charge in [-0.05, 0) is 48.7 Å². The largest absolute Gasteiger partial charge is 0.573 e. The van der Waals surface area contributed by atoms with Gasteiger partial charge >= 0.3 is 12.5 Å². The molecule has 0 fully saturated rings. The number of methoxy groups -OCH3 is 1. The summed E-state index contributed by atoms with van der Waals surface area (Å²) in [6.07, 6.45) is -10.2. The molecule has 0 aliphatic carbocycles. The summed E-state index contributed by atoms with van der Waals surface area (Å²) in [6, 6.07) is 4.66. The third-order valence-corrected chi connectivity index (χ3v) is 5.59. The molecule has 3 unspecified atom stereocenters. The molecule has 0 saturated heterocycles. The molecule has 0 heterocycles. The van der Waals surface area contributed by atoms with Gasteiger partial charge in [-0.2, -0.15) is 13.2 Å². The summed E-state index contributed by atoms with van der Waals surface area (Å²) >= 11 is 0. The second-order valence-corrected chi connectivity index (χ2v) is 9.08. The molecule has 0 aliphatic rings. The quantitative estimate of drug-likeness (QED) is 0.342. The number of carbonyl (C=O) groups is 4. The molecular weight excluding hydrogens is 564 g/mol. The second kappa shape index (κ2) is 13.4. The van der Waals surface area contributed by atoms with Crippen molar-refractivity contribution in [2.24, 2.45) is 5.92 Å². The van der Waals surface area contributed by atoms with Gasteiger partial charge in [0, 0.05) is 5.56 Å². The average Bonchev–Trinajstić information content (AvgIpc) is 2.88. The van der Waals surface area contributed by atoms with Crippen LogP contribution < -0.4 is 25.4 Å². The maximum atomic E-state index is 13.1. The molecule has 41 heavy (non-hydrogen) atoms. The Labute approximate surface area is 230 Å². The monoisotopic (exact) mass is 591 g/mol. The van der Waals surface area contributed by atoms with Crippen LogP contribution >= 0.6 is 0 Å². The molecule has 3 N–H and O–H groups in total. The lowest BCUT2D eigenvalue weighted by molar-refractivity contribution is -0.274. The van der Waals surface area contributed by atoms with Gasteiger partial charge in [-0.25, -0.2) is 0 Å². The number of amides is 3. The van der Waals surface area contributed by atoms with E-state index in [2.05, 4.69) is 15.4 Å². The van der Waals surface area contributed by atoms with Crippen LogP contribution in [0.25, 0.3) is 0 Å². The van der Waals surface area contributed by atoms with Crippen LogP contribution in [0.3, 0.4) is 0 Å². The number of hydrogen-bond donors (Lipinski definition) is 3. The Morgan fingerprint density at radius 3 is 1.90 bits per heavy atom. The molecule has 9 nitrogen and oxygen atoms in total. The van der Waals surface area contributed by atoms with E-state index in [4.69, 9.17) is 4.74 Å². The number of benzene rings is 2. The van der Waals surface area contributed by atoms with E-state index in [-0.39, 0.29) is 11.1 Å². The van der Waals surface area contributed by atoms with Gasteiger partial charge in [-0.15, -0.1) is 13.2 Å². The van der Waals surface area contributed by atoms with Gasteiger partial charge < -0.3 is 25.4 Å². The fraction of sp³-hybridized carbons (Fsp3) is 0.385. The molecule has 0 bridgehead atoms. The Morgan fingerprint density at radius 1 is 0.780 bits per heavy atom. The highest BCUT2D eigenvalue weighted by Gasteiger charge is 2.45. The summed E-state index contributed by atoms with van der Waals surface area (Å²) in [5.41, 5.74) is -0.171. The van der Waals surface area contributed by atoms with Gasteiger partial charge in [0.05, 0.1) is 13.2 Å². The fourth-order valence-corrected chi connectivity index (χ4v) is 3.49. The number of nitrogens with one attached hydrogen (secondary N) is 3. The summed E-state index contributed by atoms with van der Waals surface area (Å²) in [4.78, 5) is 50.5. The van der Waals surface area contributed by atoms with E-state index in [0.717, 1.165) is 18.2 Å². The number of ketones is 1. The molecular formula is C26H27F6N3O6. The van der Waals surface area contributed by atoms with E-state index in [1.165, 1.54) is 58.2 Å². The van der Waals surface area contributed by atoms with Gasteiger partial charge in [0.1, 0.15) is 23.6 Å². The Morgan fingerprint density at radius 2 is 1.39 bits per heavy atom. The first-order chi connectivity index (χ1) is 18.9. The third kappa shape index (κ3) is 9.69. The number of Topliss-reactive ketones (excluding diaryl/α,β-unsaturated/α-hetero) is 1. The SMILES string of the molecule is COc1ccc(C(NC(=O)C(C)NC(=O)c2cccc(OC(F)(F)F)c2)C(=O)NC(C(=O)C(F)(F)F)C(C)C)cc1. The maximum Gasteiger partial charge on any atom is 0.573 e. The van der Waals surface area contributed by atoms with E-state index in [1.807, 2.05) is 5.32 Å². The van der Waals surface area contributed by atoms with Crippen molar-refractivity contribution in [3.05, 3.63) is 59.7 Å². The van der Waals surface area contributed by atoms with Gasteiger partial charge in [0.2, 0.25) is 11.8 Å². The summed E-state index contributed by atoms with van der Waals surface area (Å²) in [5.74, 6) is -6.53. The van der Waals surface area contributed by atoms with E-state index >= 15 is 0 Å². The lowest BCUT2D eigenvalue weighted by atomic mass is 9.97. The van der Waals surface area contributed by atoms with E-state index in [9.17, 15) is 45.5 Å². The van der Waals surface area contributed by atoms with Crippen molar-refractivity contribution in [3.63, 3.8) is 0 Å². The Kier molecular flexibility index (Phi) is 10.7. The Bertz CT molecular complexity index is 1250. The lowest BCUT2D eigenvalue weighted by Gasteiger charge is -2.26. The topological polar surface area (TPSA) is 123 Å². The Balaban J connectivity index is 2.26. The number of carbonyl (C=O) groups excluding carboxylic acids is 4. The lowest BCUT2D eigenvalue weighted by Crippen LogP contribution is -2.54. The first-order valence-corrected chi connectivity index (χ1v) is 11.9. The number of halogens is 6. The van der Waals surface area contributed by atoms with Crippen LogP contribution in [-0.4, -0.2) is 55.2 Å². The van der Waals surface area contributed by atoms with Crippen LogP contribution in [0, 0.1) is 5.92 Å². The zero-order valence-electron chi connectivity index (χ0n) is 22.1. The van der Waals surface area contributed by atoms with Crippen molar-refractivity contribution in [2.75, 3.05) is 7.11 Å². The van der Waals surface area contributed by atoms with Crippen molar-refractivity contribution in [2.45, 2.75) is 51.4 Å². The molecule has 0 spiro atoms. The summed E-state index contributed by atoms with van der Waals surface area (Å²) < 4.78 is 85.6.